The number of nitrogens with one attached hydrogen (secondary N) is 1. The molecule has 0 amide bonds. The van der Waals surface area contributed by atoms with E-state index >= 15 is 0 Å². The van der Waals surface area contributed by atoms with Crippen molar-refractivity contribution in [3.8, 4) is 0 Å². The largest absolute Gasteiger partial charge is 0.369 e. The van der Waals surface area contributed by atoms with Gasteiger partial charge >= 0.3 is 0 Å². The van der Waals surface area contributed by atoms with E-state index in [4.69, 9.17) is 11.6 Å². The summed E-state index contributed by atoms with van der Waals surface area (Å²) in [6, 6.07) is 8.57. The fourth-order valence-electron chi connectivity index (χ4n) is 2.23. The van der Waals surface area contributed by atoms with Gasteiger partial charge in [-0.25, -0.2) is 9.97 Å². The average Bonchev–Trinajstić information content (AvgIpc) is 2.44. The molecule has 0 aliphatic rings. The van der Waals surface area contributed by atoms with Gasteiger partial charge < -0.3 is 5.32 Å². The predicted octanol–water partition coefficient (Wildman–Crippen LogP) is 4.35. The summed E-state index contributed by atoms with van der Waals surface area (Å²) in [4.78, 5) is 8.88. The number of aromatic nitrogens is 2. The maximum absolute atomic E-state index is 6.18. The van der Waals surface area contributed by atoms with Crippen molar-refractivity contribution in [1.29, 1.82) is 0 Å². The zero-order chi connectivity index (χ0) is 15.2. The topological polar surface area (TPSA) is 37.8 Å². The monoisotopic (exact) mass is 303 g/mol. The number of nitrogens with zero attached hydrogens (tertiary/aromatic N) is 2. The standard InChI is InChI=1S/C17H22ClN3/c1-4-6-15-20-16(18)13(3)17(21-15)19-10-9-14-8-5-7-12(2)11-14/h5,7-8,11H,4,6,9-10H2,1-3H3,(H,19,20,21). The van der Waals surface area contributed by atoms with Crippen LogP contribution in [0.15, 0.2) is 24.3 Å². The zero-order valence-corrected chi connectivity index (χ0v) is 13.7. The van der Waals surface area contributed by atoms with Crippen molar-refractivity contribution < 1.29 is 0 Å². The van der Waals surface area contributed by atoms with Crippen LogP contribution in [0.4, 0.5) is 5.82 Å². The molecular formula is C17H22ClN3. The number of hydrogen-bond acceptors (Lipinski definition) is 3. The van der Waals surface area contributed by atoms with Crippen molar-refractivity contribution in [3.63, 3.8) is 0 Å². The van der Waals surface area contributed by atoms with Crippen molar-refractivity contribution >= 4 is 17.4 Å². The number of halogens is 1. The Morgan fingerprint density at radius 2 is 1.95 bits per heavy atom. The van der Waals surface area contributed by atoms with Gasteiger partial charge in [-0.1, -0.05) is 48.4 Å². The number of hydrogen-bond donors (Lipinski definition) is 1. The Kier molecular flexibility index (Phi) is 5.57. The first kappa shape index (κ1) is 15.8. The molecule has 21 heavy (non-hydrogen) atoms. The Hall–Kier alpha value is -1.61. The van der Waals surface area contributed by atoms with Gasteiger partial charge in [0.25, 0.3) is 0 Å². The summed E-state index contributed by atoms with van der Waals surface area (Å²) in [5, 5.41) is 3.93. The molecule has 0 unspecified atom stereocenters. The molecule has 112 valence electrons. The fraction of sp³-hybridized carbons (Fsp3) is 0.412. The zero-order valence-electron chi connectivity index (χ0n) is 12.9. The minimum Gasteiger partial charge on any atom is -0.369 e. The predicted molar refractivity (Wildman–Crippen MR) is 89.1 cm³/mol. The molecule has 2 rings (SSSR count). The van der Waals surface area contributed by atoms with Crippen LogP contribution in [0.1, 0.15) is 35.9 Å². The van der Waals surface area contributed by atoms with Crippen LogP contribution in [0.5, 0.6) is 0 Å². The number of aryl methyl sites for hydroxylation is 2. The lowest BCUT2D eigenvalue weighted by atomic mass is 10.1. The highest BCUT2D eigenvalue weighted by Gasteiger charge is 2.08. The number of benzene rings is 1. The SMILES string of the molecule is CCCc1nc(Cl)c(C)c(NCCc2cccc(C)c2)n1. The molecule has 3 nitrogen and oxygen atoms in total. The number of anilines is 1. The van der Waals surface area contributed by atoms with Gasteiger partial charge in [0.1, 0.15) is 16.8 Å². The molecular weight excluding hydrogens is 282 g/mol. The molecule has 1 aromatic carbocycles. The third kappa shape index (κ3) is 4.43. The summed E-state index contributed by atoms with van der Waals surface area (Å²) in [7, 11) is 0. The van der Waals surface area contributed by atoms with E-state index in [-0.39, 0.29) is 0 Å². The Labute approximate surface area is 131 Å². The fourth-order valence-corrected chi connectivity index (χ4v) is 2.42. The van der Waals surface area contributed by atoms with E-state index in [1.165, 1.54) is 11.1 Å². The Bertz CT molecular complexity index is 611. The smallest absolute Gasteiger partial charge is 0.137 e. The maximum atomic E-state index is 6.18. The Balaban J connectivity index is 2.02. The Morgan fingerprint density at radius 3 is 2.67 bits per heavy atom. The molecule has 0 spiro atoms. The summed E-state index contributed by atoms with van der Waals surface area (Å²) in [5.74, 6) is 1.66. The van der Waals surface area contributed by atoms with E-state index < -0.39 is 0 Å². The van der Waals surface area contributed by atoms with E-state index in [9.17, 15) is 0 Å². The molecule has 1 N–H and O–H groups in total. The quantitative estimate of drug-likeness (QED) is 0.806. The second kappa shape index (κ2) is 7.41. The van der Waals surface area contributed by atoms with Crippen molar-refractivity contribution in [2.75, 3.05) is 11.9 Å². The van der Waals surface area contributed by atoms with Crippen LogP contribution in [0.25, 0.3) is 0 Å². The van der Waals surface area contributed by atoms with Crippen molar-refractivity contribution in [3.05, 3.63) is 51.9 Å². The van der Waals surface area contributed by atoms with Gasteiger partial charge in [-0.2, -0.15) is 0 Å². The number of rotatable bonds is 6. The summed E-state index contributed by atoms with van der Waals surface area (Å²) in [5.41, 5.74) is 3.54. The van der Waals surface area contributed by atoms with Gasteiger partial charge in [0.05, 0.1) is 0 Å². The molecule has 1 heterocycles. The van der Waals surface area contributed by atoms with Crippen LogP contribution < -0.4 is 5.32 Å². The van der Waals surface area contributed by atoms with Crippen LogP contribution in [0, 0.1) is 13.8 Å². The van der Waals surface area contributed by atoms with E-state index in [1.54, 1.807) is 0 Å². The molecule has 0 bridgehead atoms. The van der Waals surface area contributed by atoms with E-state index in [0.717, 1.165) is 43.0 Å². The third-order valence-electron chi connectivity index (χ3n) is 3.39. The lowest BCUT2D eigenvalue weighted by Gasteiger charge is -2.11. The molecule has 0 saturated heterocycles. The molecule has 0 saturated carbocycles. The summed E-state index contributed by atoms with van der Waals surface area (Å²) < 4.78 is 0. The summed E-state index contributed by atoms with van der Waals surface area (Å²) in [6.45, 7) is 7.01. The van der Waals surface area contributed by atoms with Crippen LogP contribution >= 0.6 is 11.6 Å². The summed E-state index contributed by atoms with van der Waals surface area (Å²) >= 11 is 6.18. The van der Waals surface area contributed by atoms with Crippen molar-refractivity contribution in [2.45, 2.75) is 40.0 Å². The van der Waals surface area contributed by atoms with Crippen LogP contribution in [-0.2, 0) is 12.8 Å². The normalized spacial score (nSPS) is 10.7. The minimum absolute atomic E-state index is 0.548. The van der Waals surface area contributed by atoms with Crippen molar-refractivity contribution in [2.24, 2.45) is 0 Å². The average molecular weight is 304 g/mol. The first-order valence-corrected chi connectivity index (χ1v) is 7.80. The highest BCUT2D eigenvalue weighted by Crippen LogP contribution is 2.20. The van der Waals surface area contributed by atoms with Gasteiger partial charge in [-0.05, 0) is 32.3 Å². The van der Waals surface area contributed by atoms with Gasteiger partial charge in [0, 0.05) is 18.5 Å². The van der Waals surface area contributed by atoms with Gasteiger partial charge in [-0.15, -0.1) is 0 Å². The van der Waals surface area contributed by atoms with Crippen LogP contribution in [0.2, 0.25) is 5.15 Å². The van der Waals surface area contributed by atoms with Crippen molar-refractivity contribution in [1.82, 2.24) is 9.97 Å². The van der Waals surface area contributed by atoms with E-state index in [0.29, 0.717) is 5.15 Å². The molecule has 0 radical (unpaired) electrons. The van der Waals surface area contributed by atoms with Gasteiger partial charge in [0.2, 0.25) is 0 Å². The highest BCUT2D eigenvalue weighted by molar-refractivity contribution is 6.30. The lowest BCUT2D eigenvalue weighted by Crippen LogP contribution is -2.10. The van der Waals surface area contributed by atoms with Gasteiger partial charge in [0.15, 0.2) is 0 Å². The Morgan fingerprint density at radius 1 is 1.14 bits per heavy atom. The molecule has 0 fully saturated rings. The third-order valence-corrected chi connectivity index (χ3v) is 3.76. The van der Waals surface area contributed by atoms with Gasteiger partial charge in [-0.3, -0.25) is 0 Å². The first-order chi connectivity index (χ1) is 10.1. The van der Waals surface area contributed by atoms with E-state index in [1.807, 2.05) is 6.92 Å². The molecule has 0 aliphatic heterocycles. The molecule has 1 aromatic heterocycles. The van der Waals surface area contributed by atoms with E-state index in [2.05, 4.69) is 53.4 Å². The van der Waals surface area contributed by atoms with Crippen LogP contribution in [0.3, 0.4) is 0 Å². The lowest BCUT2D eigenvalue weighted by molar-refractivity contribution is 0.829. The molecule has 2 aromatic rings. The highest BCUT2D eigenvalue weighted by atomic mass is 35.5. The molecule has 0 aliphatic carbocycles. The van der Waals surface area contributed by atoms with Crippen LogP contribution in [-0.4, -0.2) is 16.5 Å². The first-order valence-electron chi connectivity index (χ1n) is 7.42. The molecule has 4 heteroatoms. The summed E-state index contributed by atoms with van der Waals surface area (Å²) in [6.07, 6.45) is 2.83. The maximum Gasteiger partial charge on any atom is 0.137 e. The minimum atomic E-state index is 0.548. The molecule has 0 atom stereocenters. The second-order valence-corrected chi connectivity index (χ2v) is 5.68. The second-order valence-electron chi connectivity index (χ2n) is 5.32.